The van der Waals surface area contributed by atoms with Crippen LogP contribution in [-0.4, -0.2) is 39.6 Å². The second kappa shape index (κ2) is 10.2. The molecule has 4 heterocycles. The van der Waals surface area contributed by atoms with Crippen LogP contribution in [0.15, 0.2) is 78.0 Å². The average molecular weight is 543 g/mol. The lowest BCUT2D eigenvalue weighted by molar-refractivity contribution is 0.0938. The number of rotatable bonds is 4. The fourth-order valence-electron chi connectivity index (χ4n) is 4.81. The first-order valence-corrected chi connectivity index (χ1v) is 13.1. The maximum Gasteiger partial charge on any atom is 0.267 e. The van der Waals surface area contributed by atoms with Gasteiger partial charge in [-0.15, -0.1) is 0 Å². The van der Waals surface area contributed by atoms with E-state index in [1.165, 1.54) is 4.57 Å². The van der Waals surface area contributed by atoms with Crippen LogP contribution in [0.5, 0.6) is 0 Å². The first kappa shape index (κ1) is 25.7. The molecule has 0 fully saturated rings. The van der Waals surface area contributed by atoms with Crippen molar-refractivity contribution in [2.45, 2.75) is 26.8 Å². The van der Waals surface area contributed by atoms with Gasteiger partial charge in [-0.25, -0.2) is 19.5 Å². The highest BCUT2D eigenvalue weighted by molar-refractivity contribution is 6.01. The van der Waals surface area contributed by atoms with Crippen molar-refractivity contribution in [2.24, 2.45) is 7.05 Å². The van der Waals surface area contributed by atoms with Crippen LogP contribution in [-0.2, 0) is 7.05 Å². The van der Waals surface area contributed by atoms with Crippen LogP contribution in [0, 0.1) is 25.7 Å². The molecule has 0 unspecified atom stereocenters. The summed E-state index contributed by atoms with van der Waals surface area (Å²) in [6.07, 6.45) is 5.06. The predicted molar refractivity (Wildman–Crippen MR) is 155 cm³/mol. The van der Waals surface area contributed by atoms with E-state index in [0.29, 0.717) is 44.9 Å². The highest BCUT2D eigenvalue weighted by Gasteiger charge is 2.24. The van der Waals surface area contributed by atoms with Crippen molar-refractivity contribution in [2.75, 3.05) is 0 Å². The summed E-state index contributed by atoms with van der Waals surface area (Å²) in [5.74, 6) is 7.15. The van der Waals surface area contributed by atoms with E-state index in [0.717, 1.165) is 11.5 Å². The number of hydrogen-bond acceptors (Lipinski definition) is 6. The first-order chi connectivity index (χ1) is 19.8. The smallest absolute Gasteiger partial charge is 0.267 e. The number of imidazole rings is 1. The van der Waals surface area contributed by atoms with Crippen molar-refractivity contribution in [1.29, 1.82) is 0 Å². The van der Waals surface area contributed by atoms with Gasteiger partial charge in [-0.2, -0.15) is 5.10 Å². The zero-order chi connectivity index (χ0) is 28.7. The minimum atomic E-state index is -0.634. The second-order valence-electron chi connectivity index (χ2n) is 9.69. The molecule has 0 bridgehead atoms. The fourth-order valence-corrected chi connectivity index (χ4v) is 4.81. The van der Waals surface area contributed by atoms with Crippen LogP contribution < -0.4 is 10.9 Å². The van der Waals surface area contributed by atoms with Crippen LogP contribution in [0.1, 0.15) is 51.9 Å². The van der Waals surface area contributed by atoms with Gasteiger partial charge in [-0.1, -0.05) is 30.2 Å². The van der Waals surface area contributed by atoms with Crippen LogP contribution >= 0.6 is 0 Å². The largest absolute Gasteiger partial charge is 0.342 e. The molecule has 6 rings (SSSR count). The molecule has 0 aliphatic carbocycles. The Kier molecular flexibility index (Phi) is 6.40. The number of carbonyl (C=O) groups excluding carboxylic acids is 1. The van der Waals surface area contributed by atoms with Gasteiger partial charge in [-0.3, -0.25) is 14.2 Å². The highest BCUT2D eigenvalue weighted by atomic mass is 16.2. The molecule has 10 nitrogen and oxygen atoms in total. The maximum absolute atomic E-state index is 14.2. The van der Waals surface area contributed by atoms with Crippen LogP contribution in [0.25, 0.3) is 22.2 Å². The molecule has 0 radical (unpaired) electrons. The lowest BCUT2D eigenvalue weighted by Gasteiger charge is -2.20. The molecule has 0 saturated carbocycles. The molecule has 41 heavy (non-hydrogen) atoms. The topological polar surface area (TPSA) is 112 Å². The van der Waals surface area contributed by atoms with Gasteiger partial charge in [0.25, 0.3) is 11.5 Å². The van der Waals surface area contributed by atoms with Crippen molar-refractivity contribution < 1.29 is 4.79 Å². The summed E-state index contributed by atoms with van der Waals surface area (Å²) in [5, 5.41) is 7.80. The highest BCUT2D eigenvalue weighted by Crippen LogP contribution is 2.21. The van der Waals surface area contributed by atoms with E-state index in [2.05, 4.69) is 32.2 Å². The van der Waals surface area contributed by atoms with Crippen LogP contribution in [0.3, 0.4) is 0 Å². The van der Waals surface area contributed by atoms with Crippen molar-refractivity contribution in [3.05, 3.63) is 118 Å². The Morgan fingerprint density at radius 3 is 2.56 bits per heavy atom. The minimum absolute atomic E-state index is 0.280. The van der Waals surface area contributed by atoms with Crippen LogP contribution in [0.4, 0.5) is 0 Å². The number of aromatic nitrogens is 7. The van der Waals surface area contributed by atoms with Crippen molar-refractivity contribution in [3.63, 3.8) is 0 Å². The third-order valence-electron chi connectivity index (χ3n) is 7.02. The molecule has 0 aliphatic rings. The molecule has 0 aliphatic heterocycles. The molecule has 1 amide bonds. The molecule has 6 aromatic rings. The van der Waals surface area contributed by atoms with E-state index in [1.807, 2.05) is 61.0 Å². The molecule has 1 N–H and O–H groups in total. The lowest BCUT2D eigenvalue weighted by Crippen LogP contribution is -2.33. The standard InChI is InChI=1S/C31H26N8O2/c1-19-26(29-32-16-9-17-38(29)36-19)30(40)34-20(2)28-35-25-13-8-10-22(14-15-24-18-33-21(3)37(24)4)27(25)31(41)39(28)23-11-6-5-7-12-23/h5-13,16-18,20H,1-4H3,(H,34,40)/t20-/m1/s1. The Balaban J connectivity index is 1.48. The van der Waals surface area contributed by atoms with Gasteiger partial charge in [0.15, 0.2) is 5.65 Å². The monoisotopic (exact) mass is 542 g/mol. The molecule has 0 saturated heterocycles. The van der Waals surface area contributed by atoms with Gasteiger partial charge < -0.3 is 9.88 Å². The molecule has 0 spiro atoms. The van der Waals surface area contributed by atoms with Gasteiger partial charge in [0.1, 0.15) is 22.9 Å². The Bertz CT molecular complexity index is 2080. The fraction of sp³-hybridized carbons (Fsp3) is 0.161. The zero-order valence-corrected chi connectivity index (χ0v) is 23.0. The lowest BCUT2D eigenvalue weighted by atomic mass is 10.1. The third-order valence-corrected chi connectivity index (χ3v) is 7.02. The van der Waals surface area contributed by atoms with Gasteiger partial charge in [0.2, 0.25) is 0 Å². The minimum Gasteiger partial charge on any atom is -0.342 e. The van der Waals surface area contributed by atoms with Gasteiger partial charge in [0, 0.05) is 25.0 Å². The normalized spacial score (nSPS) is 11.8. The molecule has 202 valence electrons. The number of benzene rings is 2. The third kappa shape index (κ3) is 4.53. The van der Waals surface area contributed by atoms with E-state index in [-0.39, 0.29) is 11.5 Å². The Labute approximate surface area is 235 Å². The number of para-hydroxylation sites is 1. The first-order valence-electron chi connectivity index (χ1n) is 13.1. The Hall–Kier alpha value is -5.56. The van der Waals surface area contributed by atoms with Gasteiger partial charge in [-0.05, 0) is 57.0 Å². The number of aryl methyl sites for hydroxylation is 2. The average Bonchev–Trinajstić information content (AvgIpc) is 3.49. The quantitative estimate of drug-likeness (QED) is 0.340. The van der Waals surface area contributed by atoms with E-state index in [9.17, 15) is 9.59 Å². The maximum atomic E-state index is 14.2. The number of nitrogens with one attached hydrogen (secondary N) is 1. The SMILES string of the molecule is Cc1nn2cccnc2c1C(=O)N[C@H](C)c1nc2cccc(C#Cc3cnc(C)n3C)c2c(=O)n1-c1ccccc1. The molecule has 4 aromatic heterocycles. The van der Waals surface area contributed by atoms with Gasteiger partial charge in [0.05, 0.1) is 34.5 Å². The number of carbonyl (C=O) groups is 1. The number of hydrogen-bond donors (Lipinski definition) is 1. The summed E-state index contributed by atoms with van der Waals surface area (Å²) in [6.45, 7) is 5.46. The van der Waals surface area contributed by atoms with E-state index >= 15 is 0 Å². The van der Waals surface area contributed by atoms with Crippen molar-refractivity contribution in [1.82, 2.24) is 39.0 Å². The Morgan fingerprint density at radius 2 is 1.80 bits per heavy atom. The van der Waals surface area contributed by atoms with Gasteiger partial charge >= 0.3 is 0 Å². The number of fused-ring (bicyclic) bond motifs is 2. The molecular formula is C31H26N8O2. The summed E-state index contributed by atoms with van der Waals surface area (Å²) in [5.41, 5.74) is 3.50. The summed E-state index contributed by atoms with van der Waals surface area (Å²) >= 11 is 0. The molecule has 10 heteroatoms. The van der Waals surface area contributed by atoms with Crippen molar-refractivity contribution >= 4 is 22.5 Å². The molecular weight excluding hydrogens is 516 g/mol. The summed E-state index contributed by atoms with van der Waals surface area (Å²) in [4.78, 5) is 41.2. The zero-order valence-electron chi connectivity index (χ0n) is 23.0. The summed E-state index contributed by atoms with van der Waals surface area (Å²) in [6, 6.07) is 15.8. The summed E-state index contributed by atoms with van der Waals surface area (Å²) < 4.78 is 4.99. The van der Waals surface area contributed by atoms with E-state index in [4.69, 9.17) is 4.98 Å². The Morgan fingerprint density at radius 1 is 1.00 bits per heavy atom. The second-order valence-corrected chi connectivity index (χ2v) is 9.69. The predicted octanol–water partition coefficient (Wildman–Crippen LogP) is 3.67. The summed E-state index contributed by atoms with van der Waals surface area (Å²) in [7, 11) is 1.89. The van der Waals surface area contributed by atoms with E-state index < -0.39 is 6.04 Å². The van der Waals surface area contributed by atoms with Crippen LogP contribution in [0.2, 0.25) is 0 Å². The number of nitrogens with zero attached hydrogens (tertiary/aromatic N) is 7. The van der Waals surface area contributed by atoms with E-state index in [1.54, 1.807) is 49.1 Å². The molecule has 2 aromatic carbocycles. The molecule has 1 atom stereocenters. The van der Waals surface area contributed by atoms with Crippen molar-refractivity contribution in [3.8, 4) is 17.5 Å². The number of amides is 1.